The second-order valence-electron chi connectivity index (χ2n) is 5.08. The molecular formula is C16H17F3N2O2. The molecule has 0 saturated carbocycles. The molecule has 1 aromatic heterocycles. The molecule has 0 unspecified atom stereocenters. The molecule has 0 amide bonds. The number of ether oxygens (including phenoxy) is 1. The fourth-order valence-corrected chi connectivity index (χ4v) is 2.17. The number of H-pyrrole nitrogens is 1. The average molecular weight is 326 g/mol. The van der Waals surface area contributed by atoms with Crippen LogP contribution in [0.3, 0.4) is 0 Å². The van der Waals surface area contributed by atoms with Crippen LogP contribution in [0.15, 0.2) is 36.5 Å². The largest absolute Gasteiger partial charge is 0.465 e. The van der Waals surface area contributed by atoms with Gasteiger partial charge in [0.15, 0.2) is 0 Å². The number of halogens is 3. The zero-order valence-corrected chi connectivity index (χ0v) is 12.4. The van der Waals surface area contributed by atoms with E-state index >= 15 is 0 Å². The lowest BCUT2D eigenvalue weighted by Crippen LogP contribution is -2.12. The predicted octanol–water partition coefficient (Wildman–Crippen LogP) is 3.54. The lowest BCUT2D eigenvalue weighted by molar-refractivity contribution is -0.143. The van der Waals surface area contributed by atoms with Gasteiger partial charge in [0.2, 0.25) is 0 Å². The van der Waals surface area contributed by atoms with Crippen molar-refractivity contribution in [2.45, 2.75) is 31.9 Å². The Bertz CT molecular complexity index is 624. The third-order valence-corrected chi connectivity index (χ3v) is 3.32. The summed E-state index contributed by atoms with van der Waals surface area (Å²) in [6.07, 6.45) is -1.75. The standard InChI is InChI=1S/C16H17F3N2O2/c17-16(18,19)15-13(11-20-21-15)9-10-23-14(22)8-4-7-12-5-2-1-3-6-12/h1-3,5-6,11H,4,7-10H2,(H,20,21). The molecule has 0 spiro atoms. The van der Waals surface area contributed by atoms with E-state index in [1.54, 1.807) is 0 Å². The Balaban J connectivity index is 1.68. The molecule has 1 heterocycles. The Labute approximate surface area is 131 Å². The molecule has 7 heteroatoms. The van der Waals surface area contributed by atoms with Crippen molar-refractivity contribution in [1.29, 1.82) is 0 Å². The van der Waals surface area contributed by atoms with Gasteiger partial charge < -0.3 is 4.74 Å². The van der Waals surface area contributed by atoms with Crippen LogP contribution < -0.4 is 0 Å². The van der Waals surface area contributed by atoms with Crippen LogP contribution in [0.5, 0.6) is 0 Å². The van der Waals surface area contributed by atoms with Crippen LogP contribution in [-0.4, -0.2) is 22.8 Å². The van der Waals surface area contributed by atoms with Crippen molar-refractivity contribution in [2.24, 2.45) is 0 Å². The van der Waals surface area contributed by atoms with Crippen LogP contribution in [0, 0.1) is 0 Å². The number of hydrogen-bond donors (Lipinski definition) is 1. The monoisotopic (exact) mass is 326 g/mol. The Kier molecular flexibility index (Phi) is 5.78. The number of aromatic amines is 1. The summed E-state index contributed by atoms with van der Waals surface area (Å²) in [5, 5.41) is 5.30. The van der Waals surface area contributed by atoms with Crippen molar-refractivity contribution >= 4 is 5.97 Å². The normalized spacial score (nSPS) is 11.4. The SMILES string of the molecule is O=C(CCCc1ccccc1)OCCc1cn[nH]c1C(F)(F)F. The maximum atomic E-state index is 12.6. The van der Waals surface area contributed by atoms with E-state index in [1.807, 2.05) is 35.4 Å². The molecule has 4 nitrogen and oxygen atoms in total. The number of nitrogens with zero attached hydrogens (tertiary/aromatic N) is 1. The first-order chi connectivity index (χ1) is 11.0. The summed E-state index contributed by atoms with van der Waals surface area (Å²) in [5.74, 6) is -0.405. The van der Waals surface area contributed by atoms with Crippen LogP contribution in [0.2, 0.25) is 0 Å². The Morgan fingerprint density at radius 2 is 1.91 bits per heavy atom. The summed E-state index contributed by atoms with van der Waals surface area (Å²) < 4.78 is 42.8. The highest BCUT2D eigenvalue weighted by Gasteiger charge is 2.35. The zero-order chi connectivity index (χ0) is 16.7. The van der Waals surface area contributed by atoms with Gasteiger partial charge in [-0.2, -0.15) is 18.3 Å². The second kappa shape index (κ2) is 7.80. The number of alkyl halides is 3. The average Bonchev–Trinajstić information content (AvgIpc) is 2.97. The molecule has 0 fully saturated rings. The molecule has 0 aliphatic heterocycles. The Morgan fingerprint density at radius 3 is 2.61 bits per heavy atom. The Morgan fingerprint density at radius 1 is 1.17 bits per heavy atom. The first-order valence-corrected chi connectivity index (χ1v) is 7.26. The minimum Gasteiger partial charge on any atom is -0.465 e. The molecule has 1 aromatic carbocycles. The molecular weight excluding hydrogens is 309 g/mol. The van der Waals surface area contributed by atoms with E-state index in [-0.39, 0.29) is 25.0 Å². The molecule has 2 aromatic rings. The molecule has 23 heavy (non-hydrogen) atoms. The highest BCUT2D eigenvalue weighted by molar-refractivity contribution is 5.69. The zero-order valence-electron chi connectivity index (χ0n) is 12.4. The van der Waals surface area contributed by atoms with E-state index in [0.717, 1.165) is 18.2 Å². The van der Waals surface area contributed by atoms with Crippen molar-refractivity contribution < 1.29 is 22.7 Å². The first-order valence-electron chi connectivity index (χ1n) is 7.26. The fourth-order valence-electron chi connectivity index (χ4n) is 2.17. The third-order valence-electron chi connectivity index (χ3n) is 3.32. The summed E-state index contributed by atoms with van der Waals surface area (Å²) in [6, 6.07) is 9.72. The summed E-state index contributed by atoms with van der Waals surface area (Å²) in [4.78, 5) is 11.6. The topological polar surface area (TPSA) is 55.0 Å². The minimum atomic E-state index is -4.48. The van der Waals surface area contributed by atoms with Crippen LogP contribution in [-0.2, 0) is 28.5 Å². The van der Waals surface area contributed by atoms with Gasteiger partial charge in [0, 0.05) is 18.4 Å². The smallest absolute Gasteiger partial charge is 0.433 e. The maximum absolute atomic E-state index is 12.6. The number of hydrogen-bond acceptors (Lipinski definition) is 3. The summed E-state index contributed by atoms with van der Waals surface area (Å²) >= 11 is 0. The minimum absolute atomic E-state index is 0.00501. The summed E-state index contributed by atoms with van der Waals surface area (Å²) in [6.45, 7) is -0.0905. The number of benzene rings is 1. The van der Waals surface area contributed by atoms with Crippen LogP contribution in [0.4, 0.5) is 13.2 Å². The van der Waals surface area contributed by atoms with Gasteiger partial charge in [-0.05, 0) is 18.4 Å². The molecule has 1 N–H and O–H groups in total. The Hall–Kier alpha value is -2.31. The number of nitrogens with one attached hydrogen (secondary N) is 1. The molecule has 2 rings (SSSR count). The van der Waals surface area contributed by atoms with Crippen LogP contribution >= 0.6 is 0 Å². The second-order valence-corrected chi connectivity index (χ2v) is 5.08. The van der Waals surface area contributed by atoms with Gasteiger partial charge in [0.25, 0.3) is 0 Å². The summed E-state index contributed by atoms with van der Waals surface area (Å²) in [7, 11) is 0. The molecule has 124 valence electrons. The van der Waals surface area contributed by atoms with Crippen molar-refractivity contribution in [3.05, 3.63) is 53.3 Å². The van der Waals surface area contributed by atoms with Gasteiger partial charge in [-0.3, -0.25) is 9.89 Å². The van der Waals surface area contributed by atoms with Crippen molar-refractivity contribution in [1.82, 2.24) is 10.2 Å². The van der Waals surface area contributed by atoms with Crippen molar-refractivity contribution in [2.75, 3.05) is 6.61 Å². The molecule has 0 bridgehead atoms. The molecule has 0 radical (unpaired) electrons. The van der Waals surface area contributed by atoms with Crippen LogP contribution in [0.25, 0.3) is 0 Å². The van der Waals surface area contributed by atoms with E-state index in [2.05, 4.69) is 5.10 Å². The lowest BCUT2D eigenvalue weighted by Gasteiger charge is -2.07. The maximum Gasteiger partial charge on any atom is 0.433 e. The van der Waals surface area contributed by atoms with Crippen molar-refractivity contribution in [3.63, 3.8) is 0 Å². The van der Waals surface area contributed by atoms with Gasteiger partial charge in [-0.1, -0.05) is 30.3 Å². The highest BCUT2D eigenvalue weighted by atomic mass is 19.4. The molecule has 0 saturated heterocycles. The van der Waals surface area contributed by atoms with E-state index in [4.69, 9.17) is 4.74 Å². The van der Waals surface area contributed by atoms with Gasteiger partial charge in [0.1, 0.15) is 5.69 Å². The van der Waals surface area contributed by atoms with E-state index in [9.17, 15) is 18.0 Å². The van der Waals surface area contributed by atoms with Gasteiger partial charge in [-0.25, -0.2) is 0 Å². The predicted molar refractivity (Wildman–Crippen MR) is 77.6 cm³/mol. The quantitative estimate of drug-likeness (QED) is 0.792. The third kappa shape index (κ3) is 5.43. The van der Waals surface area contributed by atoms with Gasteiger partial charge >= 0.3 is 12.1 Å². The fraction of sp³-hybridized carbons (Fsp3) is 0.375. The van der Waals surface area contributed by atoms with Crippen LogP contribution in [0.1, 0.15) is 29.7 Å². The summed E-state index contributed by atoms with van der Waals surface area (Å²) in [5.41, 5.74) is 0.237. The van der Waals surface area contributed by atoms with Gasteiger partial charge in [-0.15, -0.1) is 0 Å². The molecule has 0 aliphatic carbocycles. The number of aryl methyl sites for hydroxylation is 1. The van der Waals surface area contributed by atoms with E-state index in [1.165, 1.54) is 0 Å². The number of esters is 1. The number of carbonyl (C=O) groups excluding carboxylic acids is 1. The number of aromatic nitrogens is 2. The van der Waals surface area contributed by atoms with Gasteiger partial charge in [0.05, 0.1) is 12.8 Å². The van der Waals surface area contributed by atoms with E-state index in [0.29, 0.717) is 6.42 Å². The molecule has 0 aliphatic rings. The van der Waals surface area contributed by atoms with E-state index < -0.39 is 17.8 Å². The van der Waals surface area contributed by atoms with Crippen molar-refractivity contribution in [3.8, 4) is 0 Å². The highest BCUT2D eigenvalue weighted by Crippen LogP contribution is 2.30. The lowest BCUT2D eigenvalue weighted by atomic mass is 10.1. The molecule has 0 atom stereocenters. The first kappa shape index (κ1) is 17.1. The number of rotatable bonds is 7. The number of carbonyl (C=O) groups is 1.